The third kappa shape index (κ3) is 4.44. The summed E-state index contributed by atoms with van der Waals surface area (Å²) in [6.45, 7) is 8.87. The molecule has 1 saturated heterocycles. The molecule has 1 aliphatic carbocycles. The van der Waals surface area contributed by atoms with Crippen LogP contribution in [0.25, 0.3) is 5.69 Å². The summed E-state index contributed by atoms with van der Waals surface area (Å²) >= 11 is 0. The second-order valence-electron chi connectivity index (χ2n) is 9.28. The molecule has 1 saturated carbocycles. The van der Waals surface area contributed by atoms with E-state index in [4.69, 9.17) is 9.26 Å². The maximum absolute atomic E-state index is 5.98. The van der Waals surface area contributed by atoms with Crippen molar-refractivity contribution in [3.05, 3.63) is 30.0 Å². The normalized spacial score (nSPS) is 21.3. The second-order valence-corrected chi connectivity index (χ2v) is 9.28. The smallest absolute Gasteiger partial charge is 0.324 e. The van der Waals surface area contributed by atoms with E-state index in [2.05, 4.69) is 49.4 Å². The summed E-state index contributed by atoms with van der Waals surface area (Å²) in [4.78, 5) is 11.2. The van der Waals surface area contributed by atoms with Crippen LogP contribution in [0.15, 0.2) is 23.1 Å². The lowest BCUT2D eigenvalue weighted by Gasteiger charge is -2.30. The highest BCUT2D eigenvalue weighted by molar-refractivity contribution is 5.36. The van der Waals surface area contributed by atoms with Crippen molar-refractivity contribution in [1.82, 2.24) is 35.3 Å². The number of pyridine rings is 1. The van der Waals surface area contributed by atoms with Crippen LogP contribution in [0.1, 0.15) is 56.8 Å². The Morgan fingerprint density at radius 3 is 2.78 bits per heavy atom. The summed E-state index contributed by atoms with van der Waals surface area (Å²) in [7, 11) is 0. The number of hydrogen-bond donors (Lipinski definition) is 0. The average molecular weight is 439 g/mol. The van der Waals surface area contributed by atoms with Gasteiger partial charge in [-0.1, -0.05) is 19.0 Å². The van der Waals surface area contributed by atoms with Gasteiger partial charge in [0.05, 0.1) is 18.5 Å². The molecule has 3 aromatic heterocycles. The van der Waals surface area contributed by atoms with Gasteiger partial charge in [0.15, 0.2) is 5.82 Å². The predicted octanol–water partition coefficient (Wildman–Crippen LogP) is 3.19. The number of tetrazole rings is 1. The minimum absolute atomic E-state index is 0.294. The van der Waals surface area contributed by atoms with E-state index in [9.17, 15) is 0 Å². The molecule has 10 nitrogen and oxygen atoms in total. The van der Waals surface area contributed by atoms with Crippen molar-refractivity contribution in [2.24, 2.45) is 17.8 Å². The average Bonchev–Trinajstić information content (AvgIpc) is 3.19. The lowest BCUT2D eigenvalue weighted by atomic mass is 9.90. The number of piperidine rings is 1. The van der Waals surface area contributed by atoms with E-state index in [0.29, 0.717) is 24.4 Å². The van der Waals surface area contributed by atoms with E-state index in [1.807, 2.05) is 13.0 Å². The van der Waals surface area contributed by atoms with E-state index in [1.54, 1.807) is 17.2 Å². The van der Waals surface area contributed by atoms with Crippen LogP contribution in [-0.2, 0) is 0 Å². The molecule has 0 amide bonds. The highest BCUT2D eigenvalue weighted by Gasteiger charge is 2.43. The molecule has 10 heteroatoms. The Morgan fingerprint density at radius 2 is 2.09 bits per heavy atom. The Hall–Kier alpha value is -3.04. The minimum atomic E-state index is 0.294. The van der Waals surface area contributed by atoms with Crippen LogP contribution in [0.3, 0.4) is 0 Å². The first-order chi connectivity index (χ1) is 15.6. The van der Waals surface area contributed by atoms with Crippen molar-refractivity contribution in [3.63, 3.8) is 0 Å². The number of anilines is 1. The first-order valence-corrected chi connectivity index (χ1v) is 11.5. The van der Waals surface area contributed by atoms with E-state index in [-0.39, 0.29) is 0 Å². The molecule has 4 heterocycles. The fraction of sp³-hybridized carbons (Fsp3) is 0.636. The van der Waals surface area contributed by atoms with E-state index < -0.39 is 0 Å². The molecular weight excluding hydrogens is 408 g/mol. The molecule has 5 rings (SSSR count). The van der Waals surface area contributed by atoms with Crippen molar-refractivity contribution in [1.29, 1.82) is 0 Å². The monoisotopic (exact) mass is 438 g/mol. The molecule has 0 spiro atoms. The zero-order valence-electron chi connectivity index (χ0n) is 18.9. The Kier molecular flexibility index (Phi) is 5.75. The number of hydrogen-bond acceptors (Lipinski definition) is 9. The molecule has 0 radical (unpaired) electrons. The largest absolute Gasteiger partial charge is 0.477 e. The van der Waals surface area contributed by atoms with Crippen molar-refractivity contribution >= 4 is 6.01 Å². The number of nitrogens with zero attached hydrogens (tertiary/aromatic N) is 8. The first-order valence-electron chi connectivity index (χ1n) is 11.5. The topological polar surface area (TPSA) is 108 Å². The van der Waals surface area contributed by atoms with E-state index in [1.165, 1.54) is 19.3 Å². The molecule has 32 heavy (non-hydrogen) atoms. The zero-order valence-corrected chi connectivity index (χ0v) is 18.9. The lowest BCUT2D eigenvalue weighted by molar-refractivity contribution is 0.273. The second kappa shape index (κ2) is 8.84. The molecular formula is C22H30N8O2. The van der Waals surface area contributed by atoms with Gasteiger partial charge in [-0.15, -0.1) is 5.10 Å². The van der Waals surface area contributed by atoms with Gasteiger partial charge in [0.25, 0.3) is 0 Å². The van der Waals surface area contributed by atoms with Crippen LogP contribution in [0, 0.1) is 24.7 Å². The Morgan fingerprint density at radius 1 is 1.25 bits per heavy atom. The highest BCUT2D eigenvalue weighted by atomic mass is 16.5. The standard InChI is InChI=1S/C22H30N8O2/c1-14(2)20-25-22(32-26-20)29-7-4-16(5-8-29)19-11-17(19)6-9-31-21-15(3)10-18(12-23-21)30-13-24-27-28-30/h10,12-14,16-17,19H,4-9,11H2,1-3H3/t17-,19?/m1/s1. The van der Waals surface area contributed by atoms with Crippen molar-refractivity contribution < 1.29 is 9.26 Å². The zero-order chi connectivity index (χ0) is 22.1. The van der Waals surface area contributed by atoms with Gasteiger partial charge < -0.3 is 14.2 Å². The van der Waals surface area contributed by atoms with E-state index >= 15 is 0 Å². The lowest BCUT2D eigenvalue weighted by Crippen LogP contribution is -2.34. The molecule has 2 aliphatic rings. The summed E-state index contributed by atoms with van der Waals surface area (Å²) < 4.78 is 13.0. The number of ether oxygens (including phenoxy) is 1. The number of rotatable bonds is 8. The van der Waals surface area contributed by atoms with Crippen LogP contribution in [-0.4, -0.2) is 55.0 Å². The van der Waals surface area contributed by atoms with Crippen LogP contribution < -0.4 is 9.64 Å². The SMILES string of the molecule is Cc1cc(-n2cnnn2)cnc1OCC[C@@H]1CC1C1CCN(c2nc(C(C)C)no2)CC1. The van der Waals surface area contributed by atoms with Gasteiger partial charge in [-0.2, -0.15) is 9.67 Å². The Labute approximate surface area is 187 Å². The van der Waals surface area contributed by atoms with Crippen LogP contribution in [0.4, 0.5) is 6.01 Å². The molecule has 2 atom stereocenters. The van der Waals surface area contributed by atoms with Crippen LogP contribution in [0.5, 0.6) is 5.88 Å². The molecule has 3 aromatic rings. The fourth-order valence-corrected chi connectivity index (χ4v) is 4.70. The summed E-state index contributed by atoms with van der Waals surface area (Å²) in [5.41, 5.74) is 1.81. The van der Waals surface area contributed by atoms with Gasteiger partial charge in [-0.25, -0.2) is 4.98 Å². The van der Waals surface area contributed by atoms with Gasteiger partial charge in [-0.3, -0.25) is 0 Å². The van der Waals surface area contributed by atoms with Gasteiger partial charge in [0.2, 0.25) is 5.88 Å². The molecule has 0 bridgehead atoms. The fourth-order valence-electron chi connectivity index (χ4n) is 4.70. The Bertz CT molecular complexity index is 1030. The molecule has 0 N–H and O–H groups in total. The minimum Gasteiger partial charge on any atom is -0.477 e. The molecule has 0 aromatic carbocycles. The van der Waals surface area contributed by atoms with Crippen molar-refractivity contribution in [3.8, 4) is 11.6 Å². The van der Waals surface area contributed by atoms with Gasteiger partial charge in [0.1, 0.15) is 6.33 Å². The van der Waals surface area contributed by atoms with Crippen LogP contribution >= 0.6 is 0 Å². The van der Waals surface area contributed by atoms with E-state index in [0.717, 1.165) is 54.3 Å². The molecule has 1 aliphatic heterocycles. The van der Waals surface area contributed by atoms with Crippen molar-refractivity contribution in [2.75, 3.05) is 24.6 Å². The maximum atomic E-state index is 5.98. The number of aryl methyl sites for hydroxylation is 1. The maximum Gasteiger partial charge on any atom is 0.324 e. The first kappa shape index (κ1) is 20.8. The molecule has 1 unspecified atom stereocenters. The number of aromatic nitrogens is 7. The Balaban J connectivity index is 1.05. The summed E-state index contributed by atoms with van der Waals surface area (Å²) in [6, 6.07) is 2.67. The molecule has 2 fully saturated rings. The summed E-state index contributed by atoms with van der Waals surface area (Å²) in [5, 5.41) is 15.3. The van der Waals surface area contributed by atoms with Gasteiger partial charge >= 0.3 is 6.01 Å². The van der Waals surface area contributed by atoms with Gasteiger partial charge in [-0.05, 0) is 66.9 Å². The predicted molar refractivity (Wildman–Crippen MR) is 117 cm³/mol. The highest BCUT2D eigenvalue weighted by Crippen LogP contribution is 2.50. The summed E-state index contributed by atoms with van der Waals surface area (Å²) in [6.07, 6.45) is 8.08. The van der Waals surface area contributed by atoms with Gasteiger partial charge in [0, 0.05) is 24.6 Å². The quantitative estimate of drug-likeness (QED) is 0.524. The third-order valence-corrected chi connectivity index (χ3v) is 6.70. The van der Waals surface area contributed by atoms with Crippen LogP contribution in [0.2, 0.25) is 0 Å². The molecule has 170 valence electrons. The van der Waals surface area contributed by atoms with Crippen molar-refractivity contribution in [2.45, 2.75) is 52.4 Å². The third-order valence-electron chi connectivity index (χ3n) is 6.70. The summed E-state index contributed by atoms with van der Waals surface area (Å²) in [5.74, 6) is 4.16.